The zero-order chi connectivity index (χ0) is 10.3. The van der Waals surface area contributed by atoms with Crippen molar-refractivity contribution in [3.63, 3.8) is 0 Å². The predicted octanol–water partition coefficient (Wildman–Crippen LogP) is 3.59. The van der Waals surface area contributed by atoms with Crippen molar-refractivity contribution in [1.29, 1.82) is 0 Å². The first-order valence-corrected chi connectivity index (χ1v) is 5.28. The van der Waals surface area contributed by atoms with E-state index >= 15 is 0 Å². The van der Waals surface area contributed by atoms with Crippen molar-refractivity contribution in [1.82, 2.24) is 4.90 Å². The number of hydrogen-bond acceptors (Lipinski definition) is 1. The van der Waals surface area contributed by atoms with Gasteiger partial charge in [0.05, 0.1) is 0 Å². The normalized spacial score (nSPS) is 11.5. The molecule has 0 N–H and O–H groups in total. The van der Waals surface area contributed by atoms with Gasteiger partial charge in [0.2, 0.25) is 0 Å². The molecule has 1 nitrogen and oxygen atoms in total. The topological polar surface area (TPSA) is 3.24 Å². The highest BCUT2D eigenvalue weighted by atomic mass is 15.1. The molecule has 0 fully saturated rings. The Morgan fingerprint density at radius 3 is 2.31 bits per heavy atom. The number of nitrogens with zero attached hydrogens (tertiary/aromatic N) is 1. The summed E-state index contributed by atoms with van der Waals surface area (Å²) >= 11 is 0. The Bertz CT molecular complexity index is 180. The Balaban J connectivity index is 4.27. The quantitative estimate of drug-likeness (QED) is 0.566. The summed E-state index contributed by atoms with van der Waals surface area (Å²) in [5, 5.41) is 0. The first-order chi connectivity index (χ1) is 6.17. The zero-order valence-electron chi connectivity index (χ0n) is 9.56. The highest BCUT2D eigenvalue weighted by molar-refractivity contribution is 5.24. The largest absolute Gasteiger partial charge is 0.372 e. The van der Waals surface area contributed by atoms with Crippen molar-refractivity contribution in [3.8, 4) is 0 Å². The lowest BCUT2D eigenvalue weighted by Crippen LogP contribution is -2.23. The molecule has 0 heterocycles. The molecule has 0 aromatic rings. The first kappa shape index (κ1) is 12.3. The van der Waals surface area contributed by atoms with Crippen LogP contribution in [0.25, 0.3) is 0 Å². The molecule has 76 valence electrons. The predicted molar refractivity (Wildman–Crippen MR) is 60.7 cm³/mol. The van der Waals surface area contributed by atoms with Crippen LogP contribution in [0, 0.1) is 0 Å². The van der Waals surface area contributed by atoms with Crippen molar-refractivity contribution >= 4 is 0 Å². The van der Waals surface area contributed by atoms with Crippen LogP contribution < -0.4 is 0 Å². The second-order valence-electron chi connectivity index (χ2n) is 3.32. The Labute approximate surface area is 83.1 Å². The van der Waals surface area contributed by atoms with Crippen LogP contribution in [0.3, 0.4) is 0 Å². The molecule has 0 atom stereocenters. The lowest BCUT2D eigenvalue weighted by atomic mass is 10.1. The van der Waals surface area contributed by atoms with E-state index < -0.39 is 0 Å². The maximum Gasteiger partial charge on any atom is 0.0319 e. The molecule has 0 radical (unpaired) electrons. The van der Waals surface area contributed by atoms with E-state index in [4.69, 9.17) is 0 Å². The summed E-state index contributed by atoms with van der Waals surface area (Å²) in [4.78, 5) is 2.33. The lowest BCUT2D eigenvalue weighted by Gasteiger charge is -2.25. The number of rotatable bonds is 6. The van der Waals surface area contributed by atoms with Crippen LogP contribution in [0.2, 0.25) is 0 Å². The van der Waals surface area contributed by atoms with Gasteiger partial charge in [-0.15, -0.1) is 0 Å². The second kappa shape index (κ2) is 6.76. The number of allylic oxidation sites excluding steroid dienone is 2. The Morgan fingerprint density at radius 2 is 1.92 bits per heavy atom. The molecule has 0 bridgehead atoms. The highest BCUT2D eigenvalue weighted by Gasteiger charge is 2.04. The molecule has 0 aliphatic heterocycles. The van der Waals surface area contributed by atoms with Crippen molar-refractivity contribution < 1.29 is 0 Å². The smallest absolute Gasteiger partial charge is 0.0319 e. The van der Waals surface area contributed by atoms with Crippen molar-refractivity contribution in [2.24, 2.45) is 0 Å². The molecule has 0 aromatic carbocycles. The summed E-state index contributed by atoms with van der Waals surface area (Å²) in [7, 11) is 0. The van der Waals surface area contributed by atoms with Crippen LogP contribution >= 0.6 is 0 Å². The van der Waals surface area contributed by atoms with Gasteiger partial charge in [0.1, 0.15) is 0 Å². The second-order valence-corrected chi connectivity index (χ2v) is 3.32. The van der Waals surface area contributed by atoms with Crippen LogP contribution in [0.15, 0.2) is 23.9 Å². The van der Waals surface area contributed by atoms with Crippen LogP contribution in [0.5, 0.6) is 0 Å². The number of likely N-dealkylation sites (N-methyl/N-ethyl adjacent to an activating group) is 1. The number of hydrogen-bond donors (Lipinski definition) is 0. The third kappa shape index (κ3) is 4.16. The molecule has 0 amide bonds. The summed E-state index contributed by atoms with van der Waals surface area (Å²) in [5.74, 6) is 0. The van der Waals surface area contributed by atoms with E-state index in [2.05, 4.69) is 45.2 Å². The van der Waals surface area contributed by atoms with Crippen molar-refractivity contribution in [2.75, 3.05) is 13.1 Å². The average molecular weight is 181 g/mol. The molecule has 0 aromatic heterocycles. The van der Waals surface area contributed by atoms with Gasteiger partial charge in [-0.25, -0.2) is 0 Å². The van der Waals surface area contributed by atoms with Gasteiger partial charge in [0.15, 0.2) is 0 Å². The van der Waals surface area contributed by atoms with Gasteiger partial charge in [-0.1, -0.05) is 26.5 Å². The summed E-state index contributed by atoms with van der Waals surface area (Å²) < 4.78 is 0. The molecule has 1 heteroatoms. The zero-order valence-corrected chi connectivity index (χ0v) is 9.56. The minimum Gasteiger partial charge on any atom is -0.372 e. The van der Waals surface area contributed by atoms with E-state index in [9.17, 15) is 0 Å². The standard InChI is InChI=1S/C12H23N/c1-6-9-11(4)12(5)13(8-3)10-7-2/h9H,5-8,10H2,1-4H3/b11-9+. The van der Waals surface area contributed by atoms with Gasteiger partial charge >= 0.3 is 0 Å². The van der Waals surface area contributed by atoms with Gasteiger partial charge in [-0.3, -0.25) is 0 Å². The van der Waals surface area contributed by atoms with Gasteiger partial charge in [-0.05, 0) is 32.3 Å². The molecule has 0 saturated heterocycles. The summed E-state index contributed by atoms with van der Waals surface area (Å²) in [6.07, 6.45) is 4.52. The fourth-order valence-corrected chi connectivity index (χ4v) is 1.43. The SMILES string of the molecule is C=C(/C(C)=C/CC)N(CC)CCC. The van der Waals surface area contributed by atoms with Gasteiger partial charge < -0.3 is 4.90 Å². The fraction of sp³-hybridized carbons (Fsp3) is 0.667. The molecular formula is C12H23N. The van der Waals surface area contributed by atoms with Crippen LogP contribution in [0.4, 0.5) is 0 Å². The Kier molecular flexibility index (Phi) is 6.38. The lowest BCUT2D eigenvalue weighted by molar-refractivity contribution is 0.370. The molecule has 0 unspecified atom stereocenters. The van der Waals surface area contributed by atoms with Crippen LogP contribution in [-0.4, -0.2) is 18.0 Å². The van der Waals surface area contributed by atoms with E-state index in [1.807, 2.05) is 0 Å². The average Bonchev–Trinajstić information content (AvgIpc) is 2.13. The molecule has 0 aliphatic carbocycles. The highest BCUT2D eigenvalue weighted by Crippen LogP contribution is 2.13. The van der Waals surface area contributed by atoms with E-state index in [0.29, 0.717) is 0 Å². The summed E-state index contributed by atoms with van der Waals surface area (Å²) in [6.45, 7) is 15.0. The first-order valence-electron chi connectivity index (χ1n) is 5.28. The molecule has 0 aliphatic rings. The summed E-state index contributed by atoms with van der Waals surface area (Å²) in [6, 6.07) is 0. The Morgan fingerprint density at radius 1 is 1.31 bits per heavy atom. The van der Waals surface area contributed by atoms with E-state index in [0.717, 1.165) is 19.5 Å². The molecular weight excluding hydrogens is 158 g/mol. The van der Waals surface area contributed by atoms with E-state index in [-0.39, 0.29) is 0 Å². The van der Waals surface area contributed by atoms with Crippen molar-refractivity contribution in [3.05, 3.63) is 23.9 Å². The fourth-order valence-electron chi connectivity index (χ4n) is 1.43. The molecule has 13 heavy (non-hydrogen) atoms. The maximum absolute atomic E-state index is 4.12. The Hall–Kier alpha value is -0.720. The summed E-state index contributed by atoms with van der Waals surface area (Å²) in [5.41, 5.74) is 2.50. The minimum absolute atomic E-state index is 1.06. The molecule has 0 spiro atoms. The molecule has 0 rings (SSSR count). The third-order valence-electron chi connectivity index (χ3n) is 2.22. The van der Waals surface area contributed by atoms with Crippen molar-refractivity contribution in [2.45, 2.75) is 40.5 Å². The minimum atomic E-state index is 1.06. The third-order valence-corrected chi connectivity index (χ3v) is 2.22. The van der Waals surface area contributed by atoms with Gasteiger partial charge in [0.25, 0.3) is 0 Å². The van der Waals surface area contributed by atoms with E-state index in [1.165, 1.54) is 17.7 Å². The van der Waals surface area contributed by atoms with Gasteiger partial charge in [-0.2, -0.15) is 0 Å². The van der Waals surface area contributed by atoms with Gasteiger partial charge in [0, 0.05) is 18.8 Å². The van der Waals surface area contributed by atoms with E-state index in [1.54, 1.807) is 0 Å². The molecule has 0 saturated carbocycles. The van der Waals surface area contributed by atoms with Crippen LogP contribution in [-0.2, 0) is 0 Å². The van der Waals surface area contributed by atoms with Crippen LogP contribution in [0.1, 0.15) is 40.5 Å². The monoisotopic (exact) mass is 181 g/mol. The maximum atomic E-state index is 4.12.